The molecule has 1 heterocycles. The molecule has 0 aromatic heterocycles. The lowest BCUT2D eigenvalue weighted by Crippen LogP contribution is -2.17. The van der Waals surface area contributed by atoms with Gasteiger partial charge in [0.05, 0.1) is 5.69 Å². The number of para-hydroxylation sites is 1. The standard InChI is InChI=1S/C14H12ClNOS/c1-16-11-4-2-3-5-13(11)18-14(16)10-8-9(15)6-7-12(10)17/h2-8,14,17H,1H3. The average Bonchev–Trinajstić information content (AvgIpc) is 2.71. The highest BCUT2D eigenvalue weighted by Crippen LogP contribution is 2.52. The predicted molar refractivity (Wildman–Crippen MR) is 76.6 cm³/mol. The van der Waals surface area contributed by atoms with E-state index in [1.54, 1.807) is 23.9 Å². The van der Waals surface area contributed by atoms with Gasteiger partial charge in [0.2, 0.25) is 0 Å². The van der Waals surface area contributed by atoms with Crippen LogP contribution in [0.1, 0.15) is 10.9 Å². The van der Waals surface area contributed by atoms with Crippen LogP contribution in [-0.2, 0) is 0 Å². The number of hydrogen-bond acceptors (Lipinski definition) is 3. The van der Waals surface area contributed by atoms with Crippen LogP contribution in [0.5, 0.6) is 5.75 Å². The molecule has 18 heavy (non-hydrogen) atoms. The second kappa shape index (κ2) is 4.41. The molecule has 2 aromatic rings. The molecule has 0 radical (unpaired) electrons. The van der Waals surface area contributed by atoms with E-state index in [2.05, 4.69) is 17.0 Å². The van der Waals surface area contributed by atoms with E-state index in [1.165, 1.54) is 10.6 Å². The fourth-order valence-electron chi connectivity index (χ4n) is 2.17. The number of anilines is 1. The first kappa shape index (κ1) is 11.8. The Morgan fingerprint density at radius 2 is 2.00 bits per heavy atom. The molecule has 1 aliphatic rings. The number of rotatable bonds is 1. The van der Waals surface area contributed by atoms with Gasteiger partial charge in [-0.3, -0.25) is 0 Å². The van der Waals surface area contributed by atoms with E-state index >= 15 is 0 Å². The molecule has 0 spiro atoms. The number of nitrogens with zero attached hydrogens (tertiary/aromatic N) is 1. The van der Waals surface area contributed by atoms with Crippen molar-refractivity contribution in [1.82, 2.24) is 0 Å². The van der Waals surface area contributed by atoms with Crippen LogP contribution in [0.15, 0.2) is 47.4 Å². The first-order chi connectivity index (χ1) is 8.66. The van der Waals surface area contributed by atoms with E-state index in [0.717, 1.165) is 5.56 Å². The smallest absolute Gasteiger partial charge is 0.121 e. The second-order valence-corrected chi connectivity index (χ2v) is 5.81. The number of phenols is 1. The fraction of sp³-hybridized carbons (Fsp3) is 0.143. The molecule has 1 unspecified atom stereocenters. The number of hydrogen-bond donors (Lipinski definition) is 1. The summed E-state index contributed by atoms with van der Waals surface area (Å²) in [6.45, 7) is 0. The molecule has 0 bridgehead atoms. The van der Waals surface area contributed by atoms with Crippen LogP contribution in [0.4, 0.5) is 5.69 Å². The number of benzene rings is 2. The highest BCUT2D eigenvalue weighted by atomic mass is 35.5. The SMILES string of the molecule is CN1c2ccccc2SC1c1cc(Cl)ccc1O. The molecule has 0 aliphatic carbocycles. The molecule has 0 saturated heterocycles. The minimum atomic E-state index is 0.0705. The number of halogens is 1. The quantitative estimate of drug-likeness (QED) is 0.841. The first-order valence-electron chi connectivity index (χ1n) is 5.64. The zero-order valence-corrected chi connectivity index (χ0v) is 11.4. The van der Waals surface area contributed by atoms with Crippen molar-refractivity contribution in [2.45, 2.75) is 10.3 Å². The second-order valence-electron chi connectivity index (χ2n) is 4.25. The van der Waals surface area contributed by atoms with E-state index < -0.39 is 0 Å². The van der Waals surface area contributed by atoms with Crippen LogP contribution in [0.3, 0.4) is 0 Å². The lowest BCUT2D eigenvalue weighted by Gasteiger charge is -2.22. The summed E-state index contributed by atoms with van der Waals surface area (Å²) in [5, 5.41) is 10.7. The van der Waals surface area contributed by atoms with E-state index in [0.29, 0.717) is 5.02 Å². The molecule has 1 atom stereocenters. The third-order valence-electron chi connectivity index (χ3n) is 3.09. The first-order valence-corrected chi connectivity index (χ1v) is 6.89. The van der Waals surface area contributed by atoms with Crippen molar-refractivity contribution in [3.63, 3.8) is 0 Å². The van der Waals surface area contributed by atoms with Gasteiger partial charge in [0.1, 0.15) is 11.1 Å². The lowest BCUT2D eigenvalue weighted by atomic mass is 10.2. The van der Waals surface area contributed by atoms with Crippen LogP contribution < -0.4 is 4.90 Å². The van der Waals surface area contributed by atoms with Gasteiger partial charge in [0, 0.05) is 22.5 Å². The normalized spacial score (nSPS) is 17.9. The summed E-state index contributed by atoms with van der Waals surface area (Å²) in [4.78, 5) is 3.38. The van der Waals surface area contributed by atoms with E-state index in [1.807, 2.05) is 25.2 Å². The minimum absolute atomic E-state index is 0.0705. The van der Waals surface area contributed by atoms with Gasteiger partial charge in [-0.1, -0.05) is 35.5 Å². The monoisotopic (exact) mass is 277 g/mol. The maximum Gasteiger partial charge on any atom is 0.121 e. The zero-order valence-electron chi connectivity index (χ0n) is 9.80. The van der Waals surface area contributed by atoms with Gasteiger partial charge >= 0.3 is 0 Å². The minimum Gasteiger partial charge on any atom is -0.508 e. The van der Waals surface area contributed by atoms with Gasteiger partial charge in [0.15, 0.2) is 0 Å². The molecule has 0 fully saturated rings. The van der Waals surface area contributed by atoms with E-state index in [9.17, 15) is 5.11 Å². The van der Waals surface area contributed by atoms with Crippen molar-refractivity contribution < 1.29 is 5.11 Å². The van der Waals surface area contributed by atoms with Gasteiger partial charge in [0.25, 0.3) is 0 Å². The number of thioether (sulfide) groups is 1. The van der Waals surface area contributed by atoms with Crippen molar-refractivity contribution in [3.8, 4) is 5.75 Å². The summed E-state index contributed by atoms with van der Waals surface area (Å²) in [6.07, 6.45) is 0. The predicted octanol–water partition coefficient (Wildman–Crippen LogP) is 4.29. The molecule has 92 valence electrons. The molecule has 1 N–H and O–H groups in total. The van der Waals surface area contributed by atoms with Crippen molar-refractivity contribution in [2.75, 3.05) is 11.9 Å². The van der Waals surface area contributed by atoms with Crippen molar-refractivity contribution in [1.29, 1.82) is 0 Å². The third-order valence-corrected chi connectivity index (χ3v) is 4.72. The van der Waals surface area contributed by atoms with Gasteiger partial charge in [-0.2, -0.15) is 0 Å². The summed E-state index contributed by atoms with van der Waals surface area (Å²) < 4.78 is 0. The molecule has 0 amide bonds. The Morgan fingerprint density at radius 3 is 2.78 bits per heavy atom. The maximum absolute atomic E-state index is 9.99. The molecule has 3 rings (SSSR count). The number of phenolic OH excluding ortho intramolecular Hbond substituents is 1. The largest absolute Gasteiger partial charge is 0.508 e. The van der Waals surface area contributed by atoms with Crippen molar-refractivity contribution >= 4 is 29.1 Å². The Morgan fingerprint density at radius 1 is 1.22 bits per heavy atom. The highest BCUT2D eigenvalue weighted by molar-refractivity contribution is 8.00. The molecular weight excluding hydrogens is 266 g/mol. The maximum atomic E-state index is 9.99. The summed E-state index contributed by atoms with van der Waals surface area (Å²) in [5.74, 6) is 0.288. The van der Waals surface area contributed by atoms with Gasteiger partial charge < -0.3 is 10.0 Å². The molecular formula is C14H12ClNOS. The molecule has 2 nitrogen and oxygen atoms in total. The van der Waals surface area contributed by atoms with Gasteiger partial charge in [-0.25, -0.2) is 0 Å². The molecule has 1 aliphatic heterocycles. The average molecular weight is 278 g/mol. The topological polar surface area (TPSA) is 23.5 Å². The van der Waals surface area contributed by atoms with Crippen LogP contribution in [0, 0.1) is 0 Å². The highest BCUT2D eigenvalue weighted by Gasteiger charge is 2.30. The van der Waals surface area contributed by atoms with Crippen LogP contribution in [-0.4, -0.2) is 12.2 Å². The van der Waals surface area contributed by atoms with E-state index in [4.69, 9.17) is 11.6 Å². The Bertz CT molecular complexity index is 602. The van der Waals surface area contributed by atoms with Crippen molar-refractivity contribution in [2.24, 2.45) is 0 Å². The molecule has 0 saturated carbocycles. The van der Waals surface area contributed by atoms with Gasteiger partial charge in [-0.15, -0.1) is 0 Å². The fourth-order valence-corrected chi connectivity index (χ4v) is 3.67. The van der Waals surface area contributed by atoms with Crippen LogP contribution in [0.2, 0.25) is 5.02 Å². The van der Waals surface area contributed by atoms with Crippen LogP contribution in [0.25, 0.3) is 0 Å². The lowest BCUT2D eigenvalue weighted by molar-refractivity contribution is 0.467. The summed E-state index contributed by atoms with van der Waals surface area (Å²) in [6, 6.07) is 13.4. The van der Waals surface area contributed by atoms with Crippen molar-refractivity contribution in [3.05, 3.63) is 53.1 Å². The number of fused-ring (bicyclic) bond motifs is 1. The Balaban J connectivity index is 2.04. The Kier molecular flexibility index (Phi) is 2.88. The number of aromatic hydroxyl groups is 1. The van der Waals surface area contributed by atoms with Gasteiger partial charge in [-0.05, 0) is 30.3 Å². The Labute approximate surface area is 115 Å². The zero-order chi connectivity index (χ0) is 12.7. The van der Waals surface area contributed by atoms with E-state index in [-0.39, 0.29) is 11.1 Å². The molecule has 2 aromatic carbocycles. The van der Waals surface area contributed by atoms with Crippen LogP contribution >= 0.6 is 23.4 Å². The Hall–Kier alpha value is -1.32. The summed E-state index contributed by atoms with van der Waals surface area (Å²) in [7, 11) is 2.03. The summed E-state index contributed by atoms with van der Waals surface area (Å²) >= 11 is 7.74. The molecule has 4 heteroatoms. The third kappa shape index (κ3) is 1.84. The summed E-state index contributed by atoms with van der Waals surface area (Å²) in [5.41, 5.74) is 2.04.